The van der Waals surface area contributed by atoms with E-state index in [0.717, 1.165) is 19.6 Å². The van der Waals surface area contributed by atoms with Gasteiger partial charge in [-0.3, -0.25) is 0 Å². The number of nitrogens with zero attached hydrogens (tertiary/aromatic N) is 1. The van der Waals surface area contributed by atoms with Crippen LogP contribution in [0.5, 0.6) is 0 Å². The maximum Gasteiger partial charge on any atom is 0.0104 e. The molecule has 0 radical (unpaired) electrons. The summed E-state index contributed by atoms with van der Waals surface area (Å²) in [5.41, 5.74) is 0. The zero-order chi connectivity index (χ0) is 12.7. The Balaban J connectivity index is 2.07. The van der Waals surface area contributed by atoms with Crippen LogP contribution in [-0.4, -0.2) is 37.6 Å². The summed E-state index contributed by atoms with van der Waals surface area (Å²) in [7, 11) is 2.20. The van der Waals surface area contributed by atoms with Gasteiger partial charge in [0.25, 0.3) is 0 Å². The van der Waals surface area contributed by atoms with Gasteiger partial charge in [0, 0.05) is 30.6 Å². The fourth-order valence-corrected chi connectivity index (χ4v) is 2.28. The minimum absolute atomic E-state index is 0.612. The summed E-state index contributed by atoms with van der Waals surface area (Å²) in [4.78, 5) is 3.89. The highest BCUT2D eigenvalue weighted by Crippen LogP contribution is 2.09. The molecule has 1 atom stereocenters. The molecule has 0 aromatic carbocycles. The average Bonchev–Trinajstić information content (AvgIpc) is 2.78. The Morgan fingerprint density at radius 1 is 1.29 bits per heavy atom. The van der Waals surface area contributed by atoms with E-state index < -0.39 is 0 Å². The van der Waals surface area contributed by atoms with Gasteiger partial charge >= 0.3 is 0 Å². The number of hydrogen-bond donors (Lipinski definition) is 1. The van der Waals surface area contributed by atoms with E-state index in [9.17, 15) is 0 Å². The number of hydrogen-bond acceptors (Lipinski definition) is 3. The van der Waals surface area contributed by atoms with Gasteiger partial charge < -0.3 is 10.2 Å². The van der Waals surface area contributed by atoms with Crippen molar-refractivity contribution in [3.63, 3.8) is 0 Å². The van der Waals surface area contributed by atoms with E-state index in [1.807, 2.05) is 11.3 Å². The molecule has 98 valence electrons. The Morgan fingerprint density at radius 2 is 2.06 bits per heavy atom. The van der Waals surface area contributed by atoms with Crippen molar-refractivity contribution < 1.29 is 0 Å². The van der Waals surface area contributed by atoms with Gasteiger partial charge in [0.05, 0.1) is 0 Å². The molecule has 0 aliphatic heterocycles. The van der Waals surface area contributed by atoms with Crippen molar-refractivity contribution in [2.45, 2.75) is 33.2 Å². The van der Waals surface area contributed by atoms with Gasteiger partial charge in [-0.25, -0.2) is 0 Å². The summed E-state index contributed by atoms with van der Waals surface area (Å²) in [6.07, 6.45) is 1.17. The zero-order valence-electron chi connectivity index (χ0n) is 11.6. The maximum atomic E-state index is 3.57. The van der Waals surface area contributed by atoms with Gasteiger partial charge in [0.2, 0.25) is 0 Å². The first-order valence-corrected chi connectivity index (χ1v) is 7.42. The molecule has 3 heteroatoms. The molecule has 0 saturated carbocycles. The molecule has 0 bridgehead atoms. The predicted molar refractivity (Wildman–Crippen MR) is 77.8 cm³/mol. The van der Waals surface area contributed by atoms with Crippen LogP contribution in [0.25, 0.3) is 0 Å². The molecule has 0 amide bonds. The maximum absolute atomic E-state index is 3.57. The van der Waals surface area contributed by atoms with Crippen molar-refractivity contribution in [3.05, 3.63) is 22.4 Å². The number of thiophene rings is 1. The van der Waals surface area contributed by atoms with Crippen molar-refractivity contribution in [2.75, 3.05) is 26.7 Å². The average molecular weight is 254 g/mol. The third-order valence-corrected chi connectivity index (χ3v) is 4.22. The first kappa shape index (κ1) is 14.7. The van der Waals surface area contributed by atoms with Gasteiger partial charge in [-0.15, -0.1) is 11.3 Å². The van der Waals surface area contributed by atoms with Crippen molar-refractivity contribution in [3.8, 4) is 0 Å². The largest absolute Gasteiger partial charge is 0.313 e. The zero-order valence-corrected chi connectivity index (χ0v) is 12.4. The summed E-state index contributed by atoms with van der Waals surface area (Å²) in [6, 6.07) is 4.96. The number of nitrogens with one attached hydrogen (secondary N) is 1. The van der Waals surface area contributed by atoms with Crippen LogP contribution in [0, 0.1) is 5.92 Å². The van der Waals surface area contributed by atoms with E-state index in [2.05, 4.69) is 55.5 Å². The monoisotopic (exact) mass is 254 g/mol. The van der Waals surface area contributed by atoms with Gasteiger partial charge in [0.15, 0.2) is 0 Å². The van der Waals surface area contributed by atoms with E-state index in [-0.39, 0.29) is 0 Å². The molecule has 0 aliphatic rings. The topological polar surface area (TPSA) is 15.3 Å². The SMILES string of the molecule is CC(C)C(C)NCCN(C)CCc1cccs1. The lowest BCUT2D eigenvalue weighted by molar-refractivity contribution is 0.318. The summed E-state index contributed by atoms with van der Waals surface area (Å²) < 4.78 is 0. The Labute approximate surface area is 110 Å². The molecule has 1 heterocycles. The normalized spacial score (nSPS) is 13.5. The smallest absolute Gasteiger partial charge is 0.0104 e. The molecule has 2 nitrogen and oxygen atoms in total. The van der Waals surface area contributed by atoms with Crippen molar-refractivity contribution >= 4 is 11.3 Å². The second kappa shape index (κ2) is 7.85. The van der Waals surface area contributed by atoms with Crippen molar-refractivity contribution in [2.24, 2.45) is 5.92 Å². The second-order valence-corrected chi connectivity index (χ2v) is 6.15. The van der Waals surface area contributed by atoms with Crippen LogP contribution in [0.15, 0.2) is 17.5 Å². The standard InChI is InChI=1S/C14H26N2S/c1-12(2)13(3)15-8-10-16(4)9-7-14-6-5-11-17-14/h5-6,11-13,15H,7-10H2,1-4H3. The van der Waals surface area contributed by atoms with Crippen LogP contribution in [-0.2, 0) is 6.42 Å². The van der Waals surface area contributed by atoms with Gasteiger partial charge in [0.1, 0.15) is 0 Å². The molecular weight excluding hydrogens is 228 g/mol. The van der Waals surface area contributed by atoms with E-state index in [1.54, 1.807) is 0 Å². The first-order chi connectivity index (χ1) is 8.09. The van der Waals surface area contributed by atoms with E-state index in [4.69, 9.17) is 0 Å². The molecule has 1 aromatic rings. The minimum Gasteiger partial charge on any atom is -0.313 e. The Morgan fingerprint density at radius 3 is 2.65 bits per heavy atom. The molecule has 0 fully saturated rings. The molecule has 1 unspecified atom stereocenters. The lowest BCUT2D eigenvalue weighted by atomic mass is 10.1. The van der Waals surface area contributed by atoms with Crippen LogP contribution in [0.1, 0.15) is 25.6 Å². The van der Waals surface area contributed by atoms with Crippen molar-refractivity contribution in [1.82, 2.24) is 10.2 Å². The molecule has 1 N–H and O–H groups in total. The predicted octanol–water partition coefficient (Wildman–Crippen LogP) is 2.86. The summed E-state index contributed by atoms with van der Waals surface area (Å²) in [5.74, 6) is 0.714. The fourth-order valence-electron chi connectivity index (χ4n) is 1.59. The summed E-state index contributed by atoms with van der Waals surface area (Å²) >= 11 is 1.86. The molecule has 17 heavy (non-hydrogen) atoms. The Kier molecular flexibility index (Phi) is 6.78. The minimum atomic E-state index is 0.612. The highest BCUT2D eigenvalue weighted by Gasteiger charge is 2.06. The van der Waals surface area contributed by atoms with Gasteiger partial charge in [-0.05, 0) is 37.8 Å². The highest BCUT2D eigenvalue weighted by atomic mass is 32.1. The van der Waals surface area contributed by atoms with Crippen LogP contribution in [0.4, 0.5) is 0 Å². The Hall–Kier alpha value is -0.380. The van der Waals surface area contributed by atoms with E-state index in [0.29, 0.717) is 12.0 Å². The van der Waals surface area contributed by atoms with Gasteiger partial charge in [-0.1, -0.05) is 19.9 Å². The number of likely N-dealkylation sites (N-methyl/N-ethyl adjacent to an activating group) is 1. The van der Waals surface area contributed by atoms with Gasteiger partial charge in [-0.2, -0.15) is 0 Å². The molecule has 1 aromatic heterocycles. The molecule has 1 rings (SSSR count). The molecular formula is C14H26N2S. The van der Waals surface area contributed by atoms with Crippen molar-refractivity contribution in [1.29, 1.82) is 0 Å². The lowest BCUT2D eigenvalue weighted by Crippen LogP contribution is -2.37. The van der Waals surface area contributed by atoms with Crippen LogP contribution in [0.3, 0.4) is 0 Å². The Bertz CT molecular complexity index is 282. The second-order valence-electron chi connectivity index (χ2n) is 5.12. The van der Waals surface area contributed by atoms with Crippen LogP contribution < -0.4 is 5.32 Å². The number of rotatable bonds is 8. The molecule has 0 saturated heterocycles. The lowest BCUT2D eigenvalue weighted by Gasteiger charge is -2.21. The van der Waals surface area contributed by atoms with Crippen LogP contribution >= 0.6 is 11.3 Å². The summed E-state index contributed by atoms with van der Waals surface area (Å²) in [6.45, 7) is 10.1. The third-order valence-electron chi connectivity index (χ3n) is 3.28. The third kappa shape index (κ3) is 6.20. The van der Waals surface area contributed by atoms with Crippen LogP contribution in [0.2, 0.25) is 0 Å². The first-order valence-electron chi connectivity index (χ1n) is 6.54. The highest BCUT2D eigenvalue weighted by molar-refractivity contribution is 7.09. The molecule has 0 aliphatic carbocycles. The molecule has 0 spiro atoms. The quantitative estimate of drug-likeness (QED) is 0.767. The van der Waals surface area contributed by atoms with E-state index >= 15 is 0 Å². The van der Waals surface area contributed by atoms with E-state index in [1.165, 1.54) is 11.3 Å². The summed E-state index contributed by atoms with van der Waals surface area (Å²) in [5, 5.41) is 5.72. The fraction of sp³-hybridized carbons (Fsp3) is 0.714.